The SMILES string of the molecule is CCS(=O)(=O)CC(C)NCCCc1cn[nH]c1C. The second kappa shape index (κ2) is 6.89. The van der Waals surface area contributed by atoms with Crippen LogP contribution in [0.25, 0.3) is 0 Å². The fourth-order valence-corrected chi connectivity index (χ4v) is 2.93. The lowest BCUT2D eigenvalue weighted by atomic mass is 10.1. The van der Waals surface area contributed by atoms with Gasteiger partial charge in [0.05, 0.1) is 11.9 Å². The van der Waals surface area contributed by atoms with Gasteiger partial charge in [0.25, 0.3) is 0 Å². The summed E-state index contributed by atoms with van der Waals surface area (Å²) in [7, 11) is -2.88. The maximum atomic E-state index is 11.4. The molecule has 0 spiro atoms. The number of hydrogen-bond donors (Lipinski definition) is 2. The van der Waals surface area contributed by atoms with Crippen LogP contribution in [-0.4, -0.2) is 42.7 Å². The van der Waals surface area contributed by atoms with Gasteiger partial charge in [-0.3, -0.25) is 5.10 Å². The zero-order valence-electron chi connectivity index (χ0n) is 11.4. The number of nitrogens with one attached hydrogen (secondary N) is 2. The van der Waals surface area contributed by atoms with Gasteiger partial charge in [0.2, 0.25) is 0 Å². The summed E-state index contributed by atoms with van der Waals surface area (Å²) in [6.07, 6.45) is 3.79. The normalized spacial score (nSPS) is 13.7. The number of aromatic nitrogens is 2. The Morgan fingerprint density at radius 2 is 2.22 bits per heavy atom. The average Bonchev–Trinajstić information content (AvgIpc) is 2.70. The van der Waals surface area contributed by atoms with Gasteiger partial charge >= 0.3 is 0 Å². The highest BCUT2D eigenvalue weighted by Crippen LogP contribution is 2.05. The first-order valence-corrected chi connectivity index (χ1v) is 8.19. The van der Waals surface area contributed by atoms with Crippen LogP contribution in [0.1, 0.15) is 31.5 Å². The summed E-state index contributed by atoms with van der Waals surface area (Å²) in [5.41, 5.74) is 2.34. The predicted molar refractivity (Wildman–Crippen MR) is 73.4 cm³/mol. The molecule has 0 saturated heterocycles. The van der Waals surface area contributed by atoms with Crippen LogP contribution < -0.4 is 5.32 Å². The summed E-state index contributed by atoms with van der Waals surface area (Å²) in [5.74, 6) is 0.432. The van der Waals surface area contributed by atoms with Crippen molar-refractivity contribution in [3.05, 3.63) is 17.5 Å². The lowest BCUT2D eigenvalue weighted by molar-refractivity contribution is 0.549. The minimum absolute atomic E-state index is 0.0143. The molecule has 0 bridgehead atoms. The van der Waals surface area contributed by atoms with Gasteiger partial charge in [-0.15, -0.1) is 0 Å². The molecule has 1 aromatic rings. The van der Waals surface area contributed by atoms with E-state index in [2.05, 4.69) is 15.5 Å². The molecule has 5 nitrogen and oxygen atoms in total. The summed E-state index contributed by atoms with van der Waals surface area (Å²) in [5, 5.41) is 10.1. The highest BCUT2D eigenvalue weighted by atomic mass is 32.2. The molecule has 0 radical (unpaired) electrons. The van der Waals surface area contributed by atoms with E-state index in [1.54, 1.807) is 6.92 Å². The molecule has 2 N–H and O–H groups in total. The highest BCUT2D eigenvalue weighted by Gasteiger charge is 2.12. The Kier molecular flexibility index (Phi) is 5.81. The Morgan fingerprint density at radius 3 is 2.78 bits per heavy atom. The maximum Gasteiger partial charge on any atom is 0.151 e. The lowest BCUT2D eigenvalue weighted by Gasteiger charge is -2.13. The summed E-state index contributed by atoms with van der Waals surface area (Å²) >= 11 is 0. The van der Waals surface area contributed by atoms with Gasteiger partial charge in [-0.25, -0.2) is 8.42 Å². The third-order valence-electron chi connectivity index (χ3n) is 2.99. The van der Waals surface area contributed by atoms with Crippen LogP contribution in [0.4, 0.5) is 0 Å². The van der Waals surface area contributed by atoms with Gasteiger partial charge in [-0.05, 0) is 38.8 Å². The number of aromatic amines is 1. The average molecular weight is 273 g/mol. The number of rotatable bonds is 8. The van der Waals surface area contributed by atoms with Crippen LogP contribution in [0.5, 0.6) is 0 Å². The lowest BCUT2D eigenvalue weighted by Crippen LogP contribution is -2.34. The second-order valence-electron chi connectivity index (χ2n) is 4.68. The van der Waals surface area contributed by atoms with Crippen molar-refractivity contribution in [1.29, 1.82) is 0 Å². The van der Waals surface area contributed by atoms with Crippen LogP contribution in [0.2, 0.25) is 0 Å². The summed E-state index contributed by atoms with van der Waals surface area (Å²) in [6, 6.07) is 0.0143. The Labute approximate surface area is 109 Å². The smallest absolute Gasteiger partial charge is 0.151 e. The number of sulfone groups is 1. The first-order chi connectivity index (χ1) is 8.44. The molecular formula is C12H23N3O2S. The van der Waals surface area contributed by atoms with Gasteiger partial charge < -0.3 is 5.32 Å². The quantitative estimate of drug-likeness (QED) is 0.695. The minimum atomic E-state index is -2.88. The van der Waals surface area contributed by atoms with E-state index in [-0.39, 0.29) is 17.5 Å². The third-order valence-corrected chi connectivity index (χ3v) is 4.88. The molecule has 1 heterocycles. The summed E-state index contributed by atoms with van der Waals surface area (Å²) in [4.78, 5) is 0. The first kappa shape index (κ1) is 15.2. The van der Waals surface area contributed by atoms with E-state index in [4.69, 9.17) is 0 Å². The van der Waals surface area contributed by atoms with Crippen LogP contribution in [0, 0.1) is 6.92 Å². The van der Waals surface area contributed by atoms with Crippen molar-refractivity contribution in [2.24, 2.45) is 0 Å². The van der Waals surface area contributed by atoms with Crippen molar-refractivity contribution in [2.45, 2.75) is 39.7 Å². The van der Waals surface area contributed by atoms with Crippen LogP contribution >= 0.6 is 0 Å². The summed E-state index contributed by atoms with van der Waals surface area (Å²) < 4.78 is 22.8. The molecule has 0 aliphatic rings. The highest BCUT2D eigenvalue weighted by molar-refractivity contribution is 7.91. The van der Waals surface area contributed by atoms with Crippen LogP contribution in [0.3, 0.4) is 0 Å². The Morgan fingerprint density at radius 1 is 1.50 bits per heavy atom. The van der Waals surface area contributed by atoms with E-state index >= 15 is 0 Å². The topological polar surface area (TPSA) is 74.8 Å². The van der Waals surface area contributed by atoms with Crippen molar-refractivity contribution in [3.63, 3.8) is 0 Å². The molecular weight excluding hydrogens is 250 g/mol. The van der Waals surface area contributed by atoms with Crippen LogP contribution in [-0.2, 0) is 16.3 Å². The minimum Gasteiger partial charge on any atom is -0.313 e. The molecule has 18 heavy (non-hydrogen) atoms. The van der Waals surface area contributed by atoms with E-state index in [0.717, 1.165) is 25.1 Å². The molecule has 1 atom stereocenters. The van der Waals surface area contributed by atoms with Crippen LogP contribution in [0.15, 0.2) is 6.20 Å². The Bertz CT molecular complexity index is 454. The fraction of sp³-hybridized carbons (Fsp3) is 0.750. The van der Waals surface area contributed by atoms with E-state index in [9.17, 15) is 8.42 Å². The number of hydrogen-bond acceptors (Lipinski definition) is 4. The van der Waals surface area contributed by atoms with E-state index in [1.807, 2.05) is 20.0 Å². The van der Waals surface area contributed by atoms with Crippen molar-refractivity contribution < 1.29 is 8.42 Å². The summed E-state index contributed by atoms with van der Waals surface area (Å²) in [6.45, 7) is 6.43. The largest absolute Gasteiger partial charge is 0.313 e. The molecule has 1 rings (SSSR count). The standard InChI is InChI=1S/C12H23N3O2S/c1-4-18(16,17)9-10(2)13-7-5-6-12-8-14-15-11(12)3/h8,10,13H,4-7,9H2,1-3H3,(H,14,15). The van der Waals surface area contributed by atoms with E-state index in [1.165, 1.54) is 5.56 Å². The molecule has 0 aliphatic carbocycles. The molecule has 6 heteroatoms. The molecule has 0 aromatic carbocycles. The Hall–Kier alpha value is -0.880. The van der Waals surface area contributed by atoms with Crippen molar-refractivity contribution in [3.8, 4) is 0 Å². The van der Waals surface area contributed by atoms with Crippen molar-refractivity contribution >= 4 is 9.84 Å². The van der Waals surface area contributed by atoms with Crippen molar-refractivity contribution in [2.75, 3.05) is 18.1 Å². The van der Waals surface area contributed by atoms with Gasteiger partial charge in [0.1, 0.15) is 0 Å². The van der Waals surface area contributed by atoms with Gasteiger partial charge in [-0.2, -0.15) is 5.10 Å². The third kappa shape index (κ3) is 5.18. The fourth-order valence-electron chi connectivity index (χ4n) is 1.81. The molecule has 0 fully saturated rings. The molecule has 104 valence electrons. The zero-order chi connectivity index (χ0) is 13.6. The molecule has 1 unspecified atom stereocenters. The number of aryl methyl sites for hydroxylation is 2. The maximum absolute atomic E-state index is 11.4. The zero-order valence-corrected chi connectivity index (χ0v) is 12.2. The molecule has 0 aliphatic heterocycles. The molecule has 0 amide bonds. The number of nitrogens with zero attached hydrogens (tertiary/aromatic N) is 1. The van der Waals surface area contributed by atoms with Gasteiger partial charge in [-0.1, -0.05) is 6.92 Å². The van der Waals surface area contributed by atoms with E-state index in [0.29, 0.717) is 0 Å². The Balaban J connectivity index is 2.20. The van der Waals surface area contributed by atoms with Gasteiger partial charge in [0, 0.05) is 17.5 Å². The molecule has 0 saturated carbocycles. The van der Waals surface area contributed by atoms with Crippen molar-refractivity contribution in [1.82, 2.24) is 15.5 Å². The second-order valence-corrected chi connectivity index (χ2v) is 7.08. The monoisotopic (exact) mass is 273 g/mol. The van der Waals surface area contributed by atoms with Gasteiger partial charge in [0.15, 0.2) is 9.84 Å². The number of H-pyrrole nitrogens is 1. The predicted octanol–water partition coefficient (Wildman–Crippen LogP) is 1.06. The molecule has 1 aromatic heterocycles. The first-order valence-electron chi connectivity index (χ1n) is 6.37. The van der Waals surface area contributed by atoms with E-state index < -0.39 is 9.84 Å².